The van der Waals surface area contributed by atoms with Crippen LogP contribution in [0.15, 0.2) is 30.3 Å². The number of nitrogens with two attached hydrogens (primary N) is 1. The van der Waals surface area contributed by atoms with Crippen LogP contribution in [0, 0.1) is 24.4 Å². The lowest BCUT2D eigenvalue weighted by atomic mass is 9.93. The zero-order chi connectivity index (χ0) is 20.7. The van der Waals surface area contributed by atoms with E-state index in [1.54, 1.807) is 6.92 Å². The van der Waals surface area contributed by atoms with Crippen molar-refractivity contribution in [3.8, 4) is 5.75 Å². The lowest BCUT2D eigenvalue weighted by molar-refractivity contribution is -0.119. The summed E-state index contributed by atoms with van der Waals surface area (Å²) in [5, 5.41) is 9.67. The third kappa shape index (κ3) is 2.90. The molecule has 0 saturated heterocycles. The zero-order valence-electron chi connectivity index (χ0n) is 15.1. The summed E-state index contributed by atoms with van der Waals surface area (Å²) in [5.41, 5.74) is 5.77. The van der Waals surface area contributed by atoms with E-state index >= 15 is 0 Å². The number of fused-ring (bicyclic) bond motifs is 1. The van der Waals surface area contributed by atoms with Crippen LogP contribution in [0.2, 0.25) is 0 Å². The second-order valence-electron chi connectivity index (χ2n) is 6.42. The molecular formula is C20H17F3N2O3. The molecule has 3 rings (SSSR count). The minimum absolute atomic E-state index is 0.0808. The number of carbonyl (C=O) groups excluding carboxylic acids is 2. The molecule has 1 aromatic heterocycles. The highest BCUT2D eigenvalue weighted by Crippen LogP contribution is 2.38. The van der Waals surface area contributed by atoms with Gasteiger partial charge in [0.25, 0.3) is 5.91 Å². The standard InChI is InChI=1S/C20H17F3N2O3/c1-3-11(19(24)27)16-9(2)25(14-6-7-15(26)18(23)17(14)16)20(28)10-4-5-12(21)13(22)8-10/h4-8,11,26H,3H2,1-2H3,(H2,24,27). The molecule has 0 saturated carbocycles. The van der Waals surface area contributed by atoms with Gasteiger partial charge >= 0.3 is 0 Å². The van der Waals surface area contributed by atoms with Crippen molar-refractivity contribution in [2.24, 2.45) is 5.73 Å². The van der Waals surface area contributed by atoms with Crippen LogP contribution in [0.4, 0.5) is 13.2 Å². The van der Waals surface area contributed by atoms with Gasteiger partial charge in [0, 0.05) is 16.6 Å². The molecule has 3 aromatic rings. The summed E-state index contributed by atoms with van der Waals surface area (Å²) in [5.74, 6) is -6.31. The van der Waals surface area contributed by atoms with Crippen LogP contribution < -0.4 is 5.73 Å². The summed E-state index contributed by atoms with van der Waals surface area (Å²) >= 11 is 0. The highest BCUT2D eigenvalue weighted by Gasteiger charge is 2.30. The van der Waals surface area contributed by atoms with Crippen molar-refractivity contribution in [2.45, 2.75) is 26.2 Å². The van der Waals surface area contributed by atoms with Crippen molar-refractivity contribution in [3.05, 3.63) is 64.6 Å². The monoisotopic (exact) mass is 390 g/mol. The first-order chi connectivity index (χ1) is 13.2. The number of halogens is 3. The van der Waals surface area contributed by atoms with Crippen molar-refractivity contribution in [1.29, 1.82) is 0 Å². The second kappa shape index (κ2) is 7.03. The van der Waals surface area contributed by atoms with Gasteiger partial charge in [-0.25, -0.2) is 13.2 Å². The molecular weight excluding hydrogens is 373 g/mol. The number of phenols is 1. The van der Waals surface area contributed by atoms with E-state index in [0.29, 0.717) is 0 Å². The highest BCUT2D eigenvalue weighted by molar-refractivity contribution is 6.05. The number of amides is 1. The van der Waals surface area contributed by atoms with E-state index in [0.717, 1.165) is 28.8 Å². The van der Waals surface area contributed by atoms with Gasteiger partial charge in [-0.05, 0) is 49.2 Å². The van der Waals surface area contributed by atoms with Crippen LogP contribution in [0.1, 0.15) is 40.9 Å². The smallest absolute Gasteiger partial charge is 0.262 e. The minimum Gasteiger partial charge on any atom is -0.505 e. The second-order valence-corrected chi connectivity index (χ2v) is 6.42. The molecule has 1 unspecified atom stereocenters. The lowest BCUT2D eigenvalue weighted by Crippen LogP contribution is -2.22. The molecule has 8 heteroatoms. The number of nitrogens with zero attached hydrogens (tertiary/aromatic N) is 1. The summed E-state index contributed by atoms with van der Waals surface area (Å²) in [6.45, 7) is 3.17. The van der Waals surface area contributed by atoms with Gasteiger partial charge in [-0.1, -0.05) is 6.92 Å². The average molecular weight is 390 g/mol. The molecule has 3 N–H and O–H groups in total. The van der Waals surface area contributed by atoms with Crippen LogP contribution in [-0.2, 0) is 4.79 Å². The Kier molecular flexibility index (Phi) is 4.89. The number of aromatic nitrogens is 1. The van der Waals surface area contributed by atoms with Gasteiger partial charge in [0.1, 0.15) is 0 Å². The molecule has 2 aromatic carbocycles. The molecule has 0 fully saturated rings. The fourth-order valence-electron chi connectivity index (χ4n) is 3.47. The summed E-state index contributed by atoms with van der Waals surface area (Å²) in [6.07, 6.45) is 0.240. The first-order valence-corrected chi connectivity index (χ1v) is 8.50. The number of hydrogen-bond acceptors (Lipinski definition) is 3. The molecule has 0 radical (unpaired) electrons. The molecule has 0 aliphatic rings. The third-order valence-corrected chi connectivity index (χ3v) is 4.80. The van der Waals surface area contributed by atoms with Gasteiger partial charge in [-0.15, -0.1) is 0 Å². The van der Waals surface area contributed by atoms with Gasteiger partial charge in [-0.3, -0.25) is 14.2 Å². The predicted molar refractivity (Wildman–Crippen MR) is 96.6 cm³/mol. The molecule has 5 nitrogen and oxygen atoms in total. The highest BCUT2D eigenvalue weighted by atomic mass is 19.2. The maximum atomic E-state index is 14.8. The molecule has 1 amide bonds. The van der Waals surface area contributed by atoms with Crippen LogP contribution >= 0.6 is 0 Å². The number of hydrogen-bond donors (Lipinski definition) is 2. The topological polar surface area (TPSA) is 85.3 Å². The molecule has 0 spiro atoms. The summed E-state index contributed by atoms with van der Waals surface area (Å²) in [6, 6.07) is 5.05. The third-order valence-electron chi connectivity index (χ3n) is 4.80. The van der Waals surface area contributed by atoms with E-state index in [2.05, 4.69) is 0 Å². The first kappa shape index (κ1) is 19.5. The Bertz CT molecular complexity index is 1120. The van der Waals surface area contributed by atoms with E-state index in [1.165, 1.54) is 13.0 Å². The Morgan fingerprint density at radius 1 is 1.14 bits per heavy atom. The molecule has 0 bridgehead atoms. The fourth-order valence-corrected chi connectivity index (χ4v) is 3.47. The van der Waals surface area contributed by atoms with Gasteiger partial charge in [0.05, 0.1) is 11.4 Å². The van der Waals surface area contributed by atoms with E-state index in [1.807, 2.05) is 0 Å². The van der Waals surface area contributed by atoms with Crippen LogP contribution in [0.25, 0.3) is 10.9 Å². The normalized spacial score (nSPS) is 12.3. The van der Waals surface area contributed by atoms with Crippen molar-refractivity contribution in [3.63, 3.8) is 0 Å². The number of benzene rings is 2. The molecule has 1 atom stereocenters. The van der Waals surface area contributed by atoms with Crippen LogP contribution in [0.3, 0.4) is 0 Å². The number of phenolic OH excluding ortho intramolecular Hbond substituents is 1. The van der Waals surface area contributed by atoms with Gasteiger partial charge in [0.15, 0.2) is 23.2 Å². The molecule has 0 aliphatic carbocycles. The van der Waals surface area contributed by atoms with Crippen molar-refractivity contribution >= 4 is 22.7 Å². The molecule has 1 heterocycles. The average Bonchev–Trinajstić information content (AvgIpc) is 2.93. The van der Waals surface area contributed by atoms with Crippen LogP contribution in [0.5, 0.6) is 5.75 Å². The zero-order valence-corrected chi connectivity index (χ0v) is 15.1. The van der Waals surface area contributed by atoms with Crippen molar-refractivity contribution in [2.75, 3.05) is 0 Å². The van der Waals surface area contributed by atoms with Gasteiger partial charge in [0.2, 0.25) is 5.91 Å². The Labute approximate surface area is 158 Å². The van der Waals surface area contributed by atoms with E-state index in [9.17, 15) is 27.9 Å². The Hall–Kier alpha value is -3.29. The molecule has 0 aliphatic heterocycles. The summed E-state index contributed by atoms with van der Waals surface area (Å²) < 4.78 is 42.7. The van der Waals surface area contributed by atoms with Crippen LogP contribution in [-0.4, -0.2) is 21.5 Å². The van der Waals surface area contributed by atoms with E-state index in [-0.39, 0.29) is 34.1 Å². The number of primary amides is 1. The Morgan fingerprint density at radius 3 is 2.39 bits per heavy atom. The predicted octanol–water partition coefficient (Wildman–Crippen LogP) is 3.74. The number of carbonyl (C=O) groups is 2. The maximum Gasteiger partial charge on any atom is 0.262 e. The number of rotatable bonds is 4. The summed E-state index contributed by atoms with van der Waals surface area (Å²) in [4.78, 5) is 24.9. The van der Waals surface area contributed by atoms with Crippen molar-refractivity contribution in [1.82, 2.24) is 4.57 Å². The SMILES string of the molecule is CCC(C(N)=O)c1c(C)n(C(=O)c2ccc(F)c(F)c2)c2ccc(O)c(F)c12. The number of aromatic hydroxyl groups is 1. The van der Waals surface area contributed by atoms with Gasteiger partial charge < -0.3 is 10.8 Å². The lowest BCUT2D eigenvalue weighted by Gasteiger charge is -2.13. The Morgan fingerprint density at radius 2 is 1.82 bits per heavy atom. The summed E-state index contributed by atoms with van der Waals surface area (Å²) in [7, 11) is 0. The largest absolute Gasteiger partial charge is 0.505 e. The first-order valence-electron chi connectivity index (χ1n) is 8.50. The quantitative estimate of drug-likeness (QED) is 0.712. The van der Waals surface area contributed by atoms with Crippen molar-refractivity contribution < 1.29 is 27.9 Å². The molecule has 146 valence electrons. The Balaban J connectivity index is 2.36. The van der Waals surface area contributed by atoms with E-state index < -0.39 is 40.9 Å². The fraction of sp³-hybridized carbons (Fsp3) is 0.200. The minimum atomic E-state index is -1.20. The molecule has 28 heavy (non-hydrogen) atoms. The maximum absolute atomic E-state index is 14.8. The van der Waals surface area contributed by atoms with Gasteiger partial charge in [-0.2, -0.15) is 0 Å². The van der Waals surface area contributed by atoms with E-state index in [4.69, 9.17) is 5.73 Å².